The molecule has 3 rings (SSSR count). The molecule has 0 unspecified atom stereocenters. The number of amides is 2. The van der Waals surface area contributed by atoms with Crippen LogP contribution in [0.2, 0.25) is 0 Å². The number of hydrogen-bond acceptors (Lipinski definition) is 7. The Labute approximate surface area is 216 Å². The molecule has 1 aromatic rings. The van der Waals surface area contributed by atoms with E-state index >= 15 is 0 Å². The molecule has 3 N–H and O–H groups in total. The van der Waals surface area contributed by atoms with Crippen LogP contribution in [0.1, 0.15) is 45.1 Å². The second-order valence-electron chi connectivity index (χ2n) is 10.5. The fraction of sp³-hybridized carbons (Fsp3) is 0.640. The summed E-state index contributed by atoms with van der Waals surface area (Å²) in [5.41, 5.74) is 0.0407. The average molecular weight is 520 g/mol. The van der Waals surface area contributed by atoms with Crippen LogP contribution in [0.4, 0.5) is 13.6 Å². The topological polar surface area (TPSA) is 126 Å². The molecule has 0 saturated carbocycles. The lowest BCUT2D eigenvalue weighted by Gasteiger charge is -2.38. The van der Waals surface area contributed by atoms with Crippen molar-refractivity contribution in [1.29, 1.82) is 5.26 Å². The fourth-order valence-corrected chi connectivity index (χ4v) is 4.96. The molecule has 12 heteroatoms. The molecule has 0 spiro atoms. The summed E-state index contributed by atoms with van der Waals surface area (Å²) >= 11 is 0. The summed E-state index contributed by atoms with van der Waals surface area (Å²) in [7, 11) is -1.80. The van der Waals surface area contributed by atoms with Gasteiger partial charge in [-0.2, -0.15) is 5.26 Å². The zero-order valence-electron chi connectivity index (χ0n) is 21.3. The first-order chi connectivity index (χ1) is 17.4. The lowest BCUT2D eigenvalue weighted by Crippen LogP contribution is -2.51. The van der Waals surface area contributed by atoms with Gasteiger partial charge in [0, 0.05) is 25.0 Å². The van der Waals surface area contributed by atoms with Crippen molar-refractivity contribution in [2.45, 2.75) is 69.5 Å². The van der Waals surface area contributed by atoms with Gasteiger partial charge in [-0.25, -0.2) is 13.6 Å². The number of ether oxygens (including phenoxy) is 1. The highest BCUT2D eigenvalue weighted by Crippen LogP contribution is 2.35. The molecule has 202 valence electrons. The zero-order chi connectivity index (χ0) is 27.2. The fourth-order valence-electron chi connectivity index (χ4n) is 4.96. The molecule has 2 amide bonds. The van der Waals surface area contributed by atoms with Crippen LogP contribution in [0.3, 0.4) is 0 Å². The van der Waals surface area contributed by atoms with Gasteiger partial charge in [0.2, 0.25) is 5.91 Å². The van der Waals surface area contributed by atoms with Gasteiger partial charge in [-0.15, -0.1) is 0 Å². The Kier molecular flexibility index (Phi) is 9.50. The molecule has 9 nitrogen and oxygen atoms in total. The van der Waals surface area contributed by atoms with Crippen molar-refractivity contribution in [1.82, 2.24) is 15.1 Å². The number of likely N-dealkylation sites (tertiary alicyclic amines) is 2. The minimum Gasteiger partial charge on any atom is -0.444 e. The SMILES string of the molecule is CC(C)(C[C@H](C#N)C(=O)N1CCC[C@@H](OC(=O)N[C@@H](Cc2ccccc2)B(O)O)C1)N1CCC(F)(F)C1. The Hall–Kier alpha value is -2.75. The van der Waals surface area contributed by atoms with E-state index in [0.29, 0.717) is 19.4 Å². The van der Waals surface area contributed by atoms with Gasteiger partial charge < -0.3 is 25.0 Å². The standard InChI is InChI=1S/C25H35BF2N4O5/c1-24(2,32-12-10-25(27,28)17-32)14-19(15-29)22(33)31-11-6-9-20(16-31)37-23(34)30-21(26(35)36)13-18-7-4-3-5-8-18/h3-5,7-8,19-21,35-36H,6,9-14,16-17H2,1-2H3,(H,30,34)/t19-,20-,21+/m1/s1. The Morgan fingerprint density at radius 2 is 2.00 bits per heavy atom. The Morgan fingerprint density at radius 3 is 2.59 bits per heavy atom. The maximum atomic E-state index is 13.7. The molecule has 2 heterocycles. The summed E-state index contributed by atoms with van der Waals surface area (Å²) in [5, 5.41) is 31.6. The predicted octanol–water partition coefficient (Wildman–Crippen LogP) is 1.98. The van der Waals surface area contributed by atoms with Crippen molar-refractivity contribution in [3.63, 3.8) is 0 Å². The summed E-state index contributed by atoms with van der Waals surface area (Å²) in [6.45, 7) is 3.83. The predicted molar refractivity (Wildman–Crippen MR) is 132 cm³/mol. The molecule has 1 aromatic carbocycles. The van der Waals surface area contributed by atoms with E-state index < -0.39 is 55.1 Å². The van der Waals surface area contributed by atoms with Crippen LogP contribution in [0.15, 0.2) is 30.3 Å². The summed E-state index contributed by atoms with van der Waals surface area (Å²) in [4.78, 5) is 28.8. The Balaban J connectivity index is 1.55. The molecule has 0 aliphatic carbocycles. The number of alkyl carbamates (subject to hydrolysis) is 1. The third-order valence-corrected chi connectivity index (χ3v) is 7.11. The number of carbonyl (C=O) groups excluding carboxylic acids is 2. The molecular formula is C25H35BF2N4O5. The average Bonchev–Trinajstić information content (AvgIpc) is 3.23. The van der Waals surface area contributed by atoms with Gasteiger partial charge in [0.25, 0.3) is 5.92 Å². The lowest BCUT2D eigenvalue weighted by atomic mass is 9.76. The molecule has 2 aliphatic rings. The Morgan fingerprint density at radius 1 is 1.30 bits per heavy atom. The smallest absolute Gasteiger partial charge is 0.444 e. The summed E-state index contributed by atoms with van der Waals surface area (Å²) in [5.74, 6) is -5.19. The van der Waals surface area contributed by atoms with Crippen molar-refractivity contribution >= 4 is 19.1 Å². The minimum absolute atomic E-state index is 0.0949. The minimum atomic E-state index is -2.77. The third-order valence-electron chi connectivity index (χ3n) is 7.11. The quantitative estimate of drug-likeness (QED) is 0.425. The van der Waals surface area contributed by atoms with Gasteiger partial charge in [-0.05, 0) is 45.1 Å². The first-order valence-corrected chi connectivity index (χ1v) is 12.6. The summed E-state index contributed by atoms with van der Waals surface area (Å²) < 4.78 is 32.9. The number of carbonyl (C=O) groups is 2. The van der Waals surface area contributed by atoms with E-state index in [1.165, 1.54) is 4.90 Å². The number of benzene rings is 1. The van der Waals surface area contributed by atoms with Crippen LogP contribution >= 0.6 is 0 Å². The molecule has 2 saturated heterocycles. The summed E-state index contributed by atoms with van der Waals surface area (Å²) in [6, 6.07) is 11.1. The normalized spacial score (nSPS) is 21.5. The number of alkyl halides is 2. The van der Waals surface area contributed by atoms with Gasteiger partial charge in [0.1, 0.15) is 12.0 Å². The highest BCUT2D eigenvalue weighted by atomic mass is 19.3. The van der Waals surface area contributed by atoms with Crippen molar-refractivity contribution in [3.8, 4) is 6.07 Å². The second-order valence-corrected chi connectivity index (χ2v) is 10.5. The molecule has 0 radical (unpaired) electrons. The molecule has 37 heavy (non-hydrogen) atoms. The number of nitrogens with zero attached hydrogens (tertiary/aromatic N) is 3. The first kappa shape index (κ1) is 28.8. The molecule has 2 fully saturated rings. The van der Waals surface area contributed by atoms with E-state index in [2.05, 4.69) is 5.32 Å². The molecular weight excluding hydrogens is 485 g/mol. The van der Waals surface area contributed by atoms with E-state index in [-0.39, 0.29) is 32.4 Å². The monoisotopic (exact) mass is 520 g/mol. The maximum Gasteiger partial charge on any atom is 0.475 e. The van der Waals surface area contributed by atoms with E-state index in [1.807, 2.05) is 12.1 Å². The third kappa shape index (κ3) is 8.12. The van der Waals surface area contributed by atoms with Gasteiger partial charge in [0.15, 0.2) is 0 Å². The Bertz CT molecular complexity index is 976. The molecule has 2 aliphatic heterocycles. The van der Waals surface area contributed by atoms with Crippen molar-refractivity contribution in [2.75, 3.05) is 26.2 Å². The van der Waals surface area contributed by atoms with Crippen LogP contribution in [0.5, 0.6) is 0 Å². The van der Waals surface area contributed by atoms with Gasteiger partial charge in [-0.1, -0.05) is 30.3 Å². The number of piperidine rings is 1. The number of nitrogens with one attached hydrogen (secondary N) is 1. The van der Waals surface area contributed by atoms with E-state index in [9.17, 15) is 33.7 Å². The second kappa shape index (κ2) is 12.2. The van der Waals surface area contributed by atoms with Gasteiger partial charge in [0.05, 0.1) is 25.1 Å². The molecule has 0 aromatic heterocycles. The highest BCUT2D eigenvalue weighted by Gasteiger charge is 2.45. The summed E-state index contributed by atoms with van der Waals surface area (Å²) in [6.07, 6.45) is -0.347. The van der Waals surface area contributed by atoms with Crippen LogP contribution < -0.4 is 5.32 Å². The van der Waals surface area contributed by atoms with Crippen LogP contribution in [-0.2, 0) is 16.0 Å². The van der Waals surface area contributed by atoms with Crippen molar-refractivity contribution < 1.29 is 33.2 Å². The van der Waals surface area contributed by atoms with Crippen LogP contribution in [0.25, 0.3) is 0 Å². The number of halogens is 2. The van der Waals surface area contributed by atoms with Gasteiger partial charge >= 0.3 is 13.2 Å². The zero-order valence-corrected chi connectivity index (χ0v) is 21.3. The van der Waals surface area contributed by atoms with Crippen LogP contribution in [0, 0.1) is 17.2 Å². The lowest BCUT2D eigenvalue weighted by molar-refractivity contribution is -0.138. The van der Waals surface area contributed by atoms with E-state index in [1.54, 1.807) is 43.0 Å². The number of nitriles is 1. The molecule has 3 atom stereocenters. The van der Waals surface area contributed by atoms with E-state index in [4.69, 9.17) is 4.74 Å². The number of hydrogen-bond donors (Lipinski definition) is 3. The van der Waals surface area contributed by atoms with Gasteiger partial charge in [-0.3, -0.25) is 9.69 Å². The highest BCUT2D eigenvalue weighted by molar-refractivity contribution is 6.43. The first-order valence-electron chi connectivity index (χ1n) is 12.6. The maximum absolute atomic E-state index is 13.7. The van der Waals surface area contributed by atoms with Crippen LogP contribution in [-0.4, -0.2) is 88.7 Å². The molecule has 0 bridgehead atoms. The van der Waals surface area contributed by atoms with Crippen molar-refractivity contribution in [2.24, 2.45) is 5.92 Å². The largest absolute Gasteiger partial charge is 0.475 e. The van der Waals surface area contributed by atoms with E-state index in [0.717, 1.165) is 5.56 Å². The van der Waals surface area contributed by atoms with Crippen molar-refractivity contribution in [3.05, 3.63) is 35.9 Å². The number of rotatable bonds is 9.